The Balaban J connectivity index is 1.80. The van der Waals surface area contributed by atoms with Crippen molar-refractivity contribution in [1.29, 1.82) is 0 Å². The van der Waals surface area contributed by atoms with E-state index in [2.05, 4.69) is 0 Å². The van der Waals surface area contributed by atoms with Gasteiger partial charge in [0.25, 0.3) is 0 Å². The van der Waals surface area contributed by atoms with Gasteiger partial charge in [0.05, 0.1) is 0 Å². The molecule has 2 aliphatic rings. The summed E-state index contributed by atoms with van der Waals surface area (Å²) in [6, 6.07) is 0.0234. The van der Waals surface area contributed by atoms with Crippen LogP contribution in [0.3, 0.4) is 0 Å². The first-order chi connectivity index (χ1) is 5.66. The standard InChI is InChI=1S/C9H16N2O/c10-8(4-9(11)12)7-2-5-1-6(5)3-7/h5-8H,1-4,10H2,(H2,11,12)/t5?,6?,7?,8-/m0/s1. The van der Waals surface area contributed by atoms with Crippen molar-refractivity contribution in [3.05, 3.63) is 0 Å². The molecule has 0 heterocycles. The molecule has 1 amide bonds. The normalized spacial score (nSPS) is 40.6. The van der Waals surface area contributed by atoms with E-state index in [1.54, 1.807) is 0 Å². The van der Waals surface area contributed by atoms with Gasteiger partial charge in [0, 0.05) is 12.5 Å². The number of carbonyl (C=O) groups excluding carboxylic acids is 1. The van der Waals surface area contributed by atoms with Crippen molar-refractivity contribution in [2.45, 2.75) is 31.7 Å². The Bertz CT molecular complexity index is 195. The van der Waals surface area contributed by atoms with Gasteiger partial charge >= 0.3 is 0 Å². The lowest BCUT2D eigenvalue weighted by atomic mass is 9.93. The van der Waals surface area contributed by atoms with E-state index in [0.717, 1.165) is 11.8 Å². The average molecular weight is 168 g/mol. The van der Waals surface area contributed by atoms with E-state index in [4.69, 9.17) is 11.5 Å². The molecular weight excluding hydrogens is 152 g/mol. The maximum absolute atomic E-state index is 10.6. The van der Waals surface area contributed by atoms with Gasteiger partial charge in [-0.15, -0.1) is 0 Å². The number of amides is 1. The van der Waals surface area contributed by atoms with Gasteiger partial charge in [-0.1, -0.05) is 0 Å². The van der Waals surface area contributed by atoms with E-state index < -0.39 is 0 Å². The first kappa shape index (κ1) is 8.05. The van der Waals surface area contributed by atoms with Gasteiger partial charge in [-0.05, 0) is 37.0 Å². The fourth-order valence-corrected chi connectivity index (χ4v) is 2.51. The number of primary amides is 1. The average Bonchev–Trinajstić information content (AvgIpc) is 2.57. The summed E-state index contributed by atoms with van der Waals surface area (Å²) in [5.74, 6) is 2.19. The third-order valence-corrected chi connectivity index (χ3v) is 3.32. The molecule has 0 aromatic heterocycles. The topological polar surface area (TPSA) is 69.1 Å². The quantitative estimate of drug-likeness (QED) is 0.633. The monoisotopic (exact) mass is 168 g/mol. The molecule has 0 bridgehead atoms. The number of hydrogen-bond donors (Lipinski definition) is 2. The molecule has 3 atom stereocenters. The molecule has 0 aromatic rings. The molecule has 0 radical (unpaired) electrons. The van der Waals surface area contributed by atoms with Crippen LogP contribution >= 0.6 is 0 Å². The number of nitrogens with two attached hydrogens (primary N) is 2. The molecule has 0 spiro atoms. The van der Waals surface area contributed by atoms with Crippen molar-refractivity contribution in [3.8, 4) is 0 Å². The third kappa shape index (κ3) is 1.46. The van der Waals surface area contributed by atoms with E-state index in [9.17, 15) is 4.79 Å². The van der Waals surface area contributed by atoms with Crippen LogP contribution in [0.4, 0.5) is 0 Å². The largest absolute Gasteiger partial charge is 0.370 e. The van der Waals surface area contributed by atoms with E-state index >= 15 is 0 Å². The highest BCUT2D eigenvalue weighted by molar-refractivity contribution is 5.74. The predicted octanol–water partition coefficient (Wildman–Crippen LogP) is 0.235. The van der Waals surface area contributed by atoms with Crippen LogP contribution < -0.4 is 11.5 Å². The Morgan fingerprint density at radius 1 is 1.33 bits per heavy atom. The molecule has 0 aliphatic heterocycles. The second kappa shape index (κ2) is 2.73. The van der Waals surface area contributed by atoms with Gasteiger partial charge in [-0.2, -0.15) is 0 Å². The van der Waals surface area contributed by atoms with Gasteiger partial charge in [-0.3, -0.25) is 4.79 Å². The third-order valence-electron chi connectivity index (χ3n) is 3.32. The van der Waals surface area contributed by atoms with Crippen molar-refractivity contribution in [2.24, 2.45) is 29.2 Å². The summed E-state index contributed by atoms with van der Waals surface area (Å²) in [4.78, 5) is 10.6. The van der Waals surface area contributed by atoms with Crippen LogP contribution in [0, 0.1) is 17.8 Å². The highest BCUT2D eigenvalue weighted by Crippen LogP contribution is 2.55. The highest BCUT2D eigenvalue weighted by atomic mass is 16.1. The molecule has 2 unspecified atom stereocenters. The summed E-state index contributed by atoms with van der Waals surface area (Å²) < 4.78 is 0. The second-order valence-corrected chi connectivity index (χ2v) is 4.32. The SMILES string of the molecule is NC(=O)C[C@H](N)C1CC2CC2C1. The lowest BCUT2D eigenvalue weighted by Crippen LogP contribution is -2.34. The van der Waals surface area contributed by atoms with Crippen molar-refractivity contribution in [1.82, 2.24) is 0 Å². The minimum Gasteiger partial charge on any atom is -0.370 e. The molecule has 68 valence electrons. The number of carbonyl (C=O) groups is 1. The Hall–Kier alpha value is -0.570. The van der Waals surface area contributed by atoms with Gasteiger partial charge in [0.2, 0.25) is 5.91 Å². The van der Waals surface area contributed by atoms with Gasteiger partial charge < -0.3 is 11.5 Å². The summed E-state index contributed by atoms with van der Waals surface area (Å²) in [5.41, 5.74) is 10.9. The summed E-state index contributed by atoms with van der Waals surface area (Å²) in [7, 11) is 0. The van der Waals surface area contributed by atoms with Gasteiger partial charge in [0.15, 0.2) is 0 Å². The molecule has 4 N–H and O–H groups in total. The van der Waals surface area contributed by atoms with E-state index in [-0.39, 0.29) is 11.9 Å². The Morgan fingerprint density at radius 3 is 2.42 bits per heavy atom. The molecule has 2 fully saturated rings. The molecule has 3 nitrogen and oxygen atoms in total. The zero-order chi connectivity index (χ0) is 8.72. The van der Waals surface area contributed by atoms with E-state index in [1.807, 2.05) is 0 Å². The molecule has 2 aliphatic carbocycles. The second-order valence-electron chi connectivity index (χ2n) is 4.32. The van der Waals surface area contributed by atoms with Crippen LogP contribution in [-0.2, 0) is 4.79 Å². The van der Waals surface area contributed by atoms with Crippen LogP contribution in [0.5, 0.6) is 0 Å². The first-order valence-corrected chi connectivity index (χ1v) is 4.70. The number of fused-ring (bicyclic) bond motifs is 1. The lowest BCUT2D eigenvalue weighted by molar-refractivity contribution is -0.118. The fraction of sp³-hybridized carbons (Fsp3) is 0.889. The Kier molecular flexibility index (Phi) is 1.83. The minimum absolute atomic E-state index is 0.0234. The van der Waals surface area contributed by atoms with E-state index in [1.165, 1.54) is 19.3 Å². The molecule has 0 saturated heterocycles. The first-order valence-electron chi connectivity index (χ1n) is 4.70. The lowest BCUT2D eigenvalue weighted by Gasteiger charge is -2.18. The summed E-state index contributed by atoms with van der Waals surface area (Å²) in [6.45, 7) is 0. The van der Waals surface area contributed by atoms with Crippen LogP contribution in [0.1, 0.15) is 25.7 Å². The maximum Gasteiger partial charge on any atom is 0.218 e. The van der Waals surface area contributed by atoms with Crippen LogP contribution in [0.2, 0.25) is 0 Å². The summed E-state index contributed by atoms with van der Waals surface area (Å²) in [6.07, 6.45) is 4.24. The summed E-state index contributed by atoms with van der Waals surface area (Å²) >= 11 is 0. The molecule has 0 aromatic carbocycles. The van der Waals surface area contributed by atoms with Crippen molar-refractivity contribution < 1.29 is 4.79 Å². The van der Waals surface area contributed by atoms with Crippen molar-refractivity contribution in [2.75, 3.05) is 0 Å². The molecule has 3 heteroatoms. The molecular formula is C9H16N2O. The highest BCUT2D eigenvalue weighted by Gasteiger charge is 2.47. The van der Waals surface area contributed by atoms with Crippen LogP contribution in [-0.4, -0.2) is 11.9 Å². The van der Waals surface area contributed by atoms with Gasteiger partial charge in [0.1, 0.15) is 0 Å². The number of rotatable bonds is 3. The summed E-state index contributed by atoms with van der Waals surface area (Å²) in [5, 5.41) is 0. The van der Waals surface area contributed by atoms with E-state index in [0.29, 0.717) is 12.3 Å². The smallest absolute Gasteiger partial charge is 0.218 e. The van der Waals surface area contributed by atoms with Gasteiger partial charge in [-0.25, -0.2) is 0 Å². The van der Waals surface area contributed by atoms with Crippen molar-refractivity contribution >= 4 is 5.91 Å². The van der Waals surface area contributed by atoms with Crippen LogP contribution in [0.15, 0.2) is 0 Å². The van der Waals surface area contributed by atoms with Crippen LogP contribution in [0.25, 0.3) is 0 Å². The maximum atomic E-state index is 10.6. The zero-order valence-corrected chi connectivity index (χ0v) is 7.20. The minimum atomic E-state index is -0.261. The zero-order valence-electron chi connectivity index (χ0n) is 7.20. The molecule has 2 saturated carbocycles. The fourth-order valence-electron chi connectivity index (χ4n) is 2.51. The predicted molar refractivity (Wildman–Crippen MR) is 46.1 cm³/mol. The Morgan fingerprint density at radius 2 is 1.92 bits per heavy atom. The number of hydrogen-bond acceptors (Lipinski definition) is 2. The molecule has 12 heavy (non-hydrogen) atoms. The van der Waals surface area contributed by atoms with Crippen molar-refractivity contribution in [3.63, 3.8) is 0 Å². The Labute approximate surface area is 72.5 Å². The molecule has 2 rings (SSSR count).